The van der Waals surface area contributed by atoms with E-state index in [1.54, 1.807) is 19.1 Å². The summed E-state index contributed by atoms with van der Waals surface area (Å²) >= 11 is 0. The molecule has 0 radical (unpaired) electrons. The summed E-state index contributed by atoms with van der Waals surface area (Å²) in [5, 5.41) is 10.7. The summed E-state index contributed by atoms with van der Waals surface area (Å²) in [6.45, 7) is 6.96. The fourth-order valence-electron chi connectivity index (χ4n) is 3.18. The zero-order valence-electron chi connectivity index (χ0n) is 16.4. The van der Waals surface area contributed by atoms with Gasteiger partial charge >= 0.3 is 5.97 Å². The lowest BCUT2D eigenvalue weighted by Crippen LogP contribution is -2.37. The molecule has 6 nitrogen and oxygen atoms in total. The van der Waals surface area contributed by atoms with Crippen LogP contribution < -0.4 is 4.90 Å². The number of hydrogen-bond donors (Lipinski definition) is 0. The molecule has 1 heterocycles. The highest BCUT2D eigenvalue weighted by Gasteiger charge is 2.22. The third kappa shape index (κ3) is 5.54. The van der Waals surface area contributed by atoms with Crippen molar-refractivity contribution in [1.29, 1.82) is 0 Å². The molecule has 0 N–H and O–H groups in total. The van der Waals surface area contributed by atoms with E-state index >= 15 is 0 Å². The van der Waals surface area contributed by atoms with Crippen LogP contribution in [0, 0.1) is 10.1 Å². The molecule has 0 saturated carbocycles. The van der Waals surface area contributed by atoms with Crippen LogP contribution in [0.3, 0.4) is 0 Å². The first-order chi connectivity index (χ1) is 13.9. The molecule has 0 atom stereocenters. The molecule has 29 heavy (non-hydrogen) atoms. The van der Waals surface area contributed by atoms with E-state index in [9.17, 15) is 14.9 Å². The van der Waals surface area contributed by atoms with Crippen molar-refractivity contribution in [1.82, 2.24) is 0 Å². The van der Waals surface area contributed by atoms with Gasteiger partial charge in [0.15, 0.2) is 0 Å². The fraction of sp³-hybridized carbons (Fsp3) is 0.261. The normalized spacial score (nSPS) is 14.7. The van der Waals surface area contributed by atoms with Gasteiger partial charge in [0.1, 0.15) is 6.10 Å². The van der Waals surface area contributed by atoms with Crippen molar-refractivity contribution >= 4 is 29.5 Å². The smallest absolute Gasteiger partial charge is 0.333 e. The van der Waals surface area contributed by atoms with Crippen molar-refractivity contribution < 1.29 is 14.5 Å². The molecule has 0 spiro atoms. The molecule has 2 aromatic carbocycles. The maximum absolute atomic E-state index is 11.6. The van der Waals surface area contributed by atoms with Gasteiger partial charge in [-0.2, -0.15) is 0 Å². The Bertz CT molecular complexity index is 909. The number of carbonyl (C=O) groups is 1. The Hall–Kier alpha value is -3.41. The minimum Gasteiger partial charge on any atom is -0.459 e. The Morgan fingerprint density at radius 1 is 1.07 bits per heavy atom. The van der Waals surface area contributed by atoms with Crippen molar-refractivity contribution in [2.24, 2.45) is 0 Å². The number of nitrogens with zero attached hydrogens (tertiary/aromatic N) is 2. The molecule has 0 amide bonds. The second kappa shape index (κ2) is 9.19. The van der Waals surface area contributed by atoms with E-state index in [2.05, 4.69) is 23.6 Å². The topological polar surface area (TPSA) is 72.7 Å². The van der Waals surface area contributed by atoms with Crippen molar-refractivity contribution in [3.63, 3.8) is 0 Å². The molecule has 1 fully saturated rings. The van der Waals surface area contributed by atoms with Crippen molar-refractivity contribution in [3.8, 4) is 0 Å². The number of rotatable bonds is 6. The fourth-order valence-corrected chi connectivity index (χ4v) is 3.18. The van der Waals surface area contributed by atoms with Gasteiger partial charge in [-0.05, 0) is 42.3 Å². The molecule has 0 bridgehead atoms. The first-order valence-electron chi connectivity index (χ1n) is 9.56. The summed E-state index contributed by atoms with van der Waals surface area (Å²) in [6, 6.07) is 14.7. The maximum atomic E-state index is 11.6. The van der Waals surface area contributed by atoms with Crippen LogP contribution in [0.25, 0.3) is 12.2 Å². The summed E-state index contributed by atoms with van der Waals surface area (Å²) in [6.07, 6.45) is 5.48. The van der Waals surface area contributed by atoms with E-state index in [1.165, 1.54) is 12.1 Å². The average molecular weight is 392 g/mol. The van der Waals surface area contributed by atoms with Crippen LogP contribution in [-0.4, -0.2) is 30.1 Å². The molecule has 2 aromatic rings. The van der Waals surface area contributed by atoms with Gasteiger partial charge < -0.3 is 9.64 Å². The lowest BCUT2D eigenvalue weighted by molar-refractivity contribution is -0.384. The number of non-ortho nitro benzene ring substituents is 1. The number of ether oxygens (including phenoxy) is 1. The molecule has 1 aliphatic rings. The van der Waals surface area contributed by atoms with E-state index in [-0.39, 0.29) is 17.8 Å². The second-order valence-electron chi connectivity index (χ2n) is 7.15. The number of piperidine rings is 1. The molecule has 3 rings (SSSR count). The predicted octanol–water partition coefficient (Wildman–Crippen LogP) is 4.85. The van der Waals surface area contributed by atoms with Crippen LogP contribution in [0.4, 0.5) is 11.4 Å². The Kier molecular flexibility index (Phi) is 6.44. The van der Waals surface area contributed by atoms with Gasteiger partial charge in [0, 0.05) is 49.3 Å². The van der Waals surface area contributed by atoms with Gasteiger partial charge in [-0.15, -0.1) is 0 Å². The first kappa shape index (κ1) is 20.3. The standard InChI is InChI=1S/C23H24N2O4/c1-17(2)23(26)29-22-13-15-24(16-14-22)20-9-5-18(6-10-20)3-4-19-7-11-21(12-8-19)25(27)28/h3-12,22H,1,13-16H2,2H3. The summed E-state index contributed by atoms with van der Waals surface area (Å²) in [7, 11) is 0. The Morgan fingerprint density at radius 3 is 2.07 bits per heavy atom. The Labute approximate surface area is 170 Å². The predicted molar refractivity (Wildman–Crippen MR) is 115 cm³/mol. The average Bonchev–Trinajstić information content (AvgIpc) is 2.73. The molecular weight excluding hydrogens is 368 g/mol. The minimum atomic E-state index is -0.403. The number of hydrogen-bond acceptors (Lipinski definition) is 5. The second-order valence-corrected chi connectivity index (χ2v) is 7.15. The molecule has 0 unspecified atom stereocenters. The quantitative estimate of drug-likeness (QED) is 0.231. The van der Waals surface area contributed by atoms with Crippen LogP contribution >= 0.6 is 0 Å². The van der Waals surface area contributed by atoms with Crippen molar-refractivity contribution in [2.75, 3.05) is 18.0 Å². The van der Waals surface area contributed by atoms with Gasteiger partial charge in [-0.25, -0.2) is 4.79 Å². The number of nitro benzene ring substituents is 1. The molecule has 1 saturated heterocycles. The SMILES string of the molecule is C=C(C)C(=O)OC1CCN(c2ccc(C=Cc3ccc([N+](=O)[O-])cc3)cc2)CC1. The molecule has 1 aliphatic heterocycles. The van der Waals surface area contributed by atoms with Crippen molar-refractivity contribution in [2.45, 2.75) is 25.9 Å². The number of esters is 1. The van der Waals surface area contributed by atoms with E-state index in [0.29, 0.717) is 5.57 Å². The highest BCUT2D eigenvalue weighted by Crippen LogP contribution is 2.23. The van der Waals surface area contributed by atoms with E-state index in [0.717, 1.165) is 42.7 Å². The third-order valence-electron chi connectivity index (χ3n) is 4.89. The van der Waals surface area contributed by atoms with Gasteiger partial charge in [0.25, 0.3) is 5.69 Å². The summed E-state index contributed by atoms with van der Waals surface area (Å²) < 4.78 is 5.44. The summed E-state index contributed by atoms with van der Waals surface area (Å²) in [5.41, 5.74) is 3.63. The molecule has 0 aromatic heterocycles. The highest BCUT2D eigenvalue weighted by molar-refractivity contribution is 5.87. The van der Waals surface area contributed by atoms with Crippen LogP contribution in [-0.2, 0) is 9.53 Å². The van der Waals surface area contributed by atoms with Crippen molar-refractivity contribution in [3.05, 3.63) is 81.9 Å². The Morgan fingerprint density at radius 2 is 1.59 bits per heavy atom. The van der Waals surface area contributed by atoms with E-state index in [4.69, 9.17) is 4.74 Å². The van der Waals surface area contributed by atoms with Gasteiger partial charge in [-0.1, -0.05) is 30.9 Å². The lowest BCUT2D eigenvalue weighted by atomic mass is 10.1. The molecule has 150 valence electrons. The number of nitro groups is 1. The van der Waals surface area contributed by atoms with Crippen LogP contribution in [0.5, 0.6) is 0 Å². The van der Waals surface area contributed by atoms with Gasteiger partial charge in [0.2, 0.25) is 0 Å². The largest absolute Gasteiger partial charge is 0.459 e. The maximum Gasteiger partial charge on any atom is 0.333 e. The number of benzene rings is 2. The third-order valence-corrected chi connectivity index (χ3v) is 4.89. The summed E-state index contributed by atoms with van der Waals surface area (Å²) in [4.78, 5) is 24.2. The lowest BCUT2D eigenvalue weighted by Gasteiger charge is -2.33. The van der Waals surface area contributed by atoms with E-state index in [1.807, 2.05) is 24.3 Å². The van der Waals surface area contributed by atoms with Crippen LogP contribution in [0.2, 0.25) is 0 Å². The summed E-state index contributed by atoms with van der Waals surface area (Å²) in [5.74, 6) is -0.312. The first-order valence-corrected chi connectivity index (χ1v) is 9.56. The van der Waals surface area contributed by atoms with Gasteiger partial charge in [0.05, 0.1) is 4.92 Å². The monoisotopic (exact) mass is 392 g/mol. The zero-order chi connectivity index (χ0) is 20.8. The number of carbonyl (C=O) groups excluding carboxylic acids is 1. The number of anilines is 1. The van der Waals surface area contributed by atoms with Gasteiger partial charge in [-0.3, -0.25) is 10.1 Å². The zero-order valence-corrected chi connectivity index (χ0v) is 16.4. The highest BCUT2D eigenvalue weighted by atomic mass is 16.6. The van der Waals surface area contributed by atoms with Crippen LogP contribution in [0.1, 0.15) is 30.9 Å². The molecule has 0 aliphatic carbocycles. The van der Waals surface area contributed by atoms with Crippen LogP contribution in [0.15, 0.2) is 60.7 Å². The molecule has 6 heteroatoms. The van der Waals surface area contributed by atoms with E-state index < -0.39 is 4.92 Å². The Balaban J connectivity index is 1.54. The minimum absolute atomic E-state index is 0.0423. The molecular formula is C23H24N2O4.